The molecule has 4 nitrogen and oxygen atoms in total. The average Bonchev–Trinajstić information content (AvgIpc) is 3.39. The number of carbonyl (C=O) groups is 2. The molecule has 0 spiro atoms. The highest BCUT2D eigenvalue weighted by Gasteiger charge is 2.28. The number of nitrogens with zero attached hydrogens (tertiary/aromatic N) is 1. The minimum atomic E-state index is 0. The van der Waals surface area contributed by atoms with Gasteiger partial charge in [-0.15, -0.1) is 12.4 Å². The lowest BCUT2D eigenvalue weighted by atomic mass is 9.89. The summed E-state index contributed by atoms with van der Waals surface area (Å²) in [5, 5.41) is 3.88. The van der Waals surface area contributed by atoms with Gasteiger partial charge in [-0.25, -0.2) is 0 Å². The summed E-state index contributed by atoms with van der Waals surface area (Å²) in [5.74, 6) is 1.12. The van der Waals surface area contributed by atoms with Crippen molar-refractivity contribution in [2.24, 2.45) is 11.8 Å². The molecule has 0 unspecified atom stereocenters. The second-order valence-electron chi connectivity index (χ2n) is 6.60. The van der Waals surface area contributed by atoms with Crippen LogP contribution in [0.25, 0.3) is 0 Å². The number of benzene rings is 1. The van der Waals surface area contributed by atoms with Crippen molar-refractivity contribution in [1.29, 1.82) is 0 Å². The van der Waals surface area contributed by atoms with Crippen LogP contribution in [0.3, 0.4) is 0 Å². The highest BCUT2D eigenvalue weighted by Crippen LogP contribution is 2.27. The standard InChI is InChI=1S/C18H23ClN2O2.ClH/c19-16-5-3-14(4-6-16)18(23)15-7-9-21(10-8-15)17(22)12-20-11-13-1-2-13;/h3-6,13,15,20H,1-2,7-12H2;1H. The molecule has 1 saturated carbocycles. The Kier molecular flexibility index (Phi) is 7.08. The van der Waals surface area contributed by atoms with Gasteiger partial charge in [0.05, 0.1) is 6.54 Å². The molecule has 1 amide bonds. The van der Waals surface area contributed by atoms with E-state index in [0.29, 0.717) is 30.2 Å². The molecule has 1 aromatic rings. The van der Waals surface area contributed by atoms with E-state index in [1.165, 1.54) is 12.8 Å². The molecule has 1 N–H and O–H groups in total. The van der Waals surface area contributed by atoms with Crippen molar-refractivity contribution in [2.75, 3.05) is 26.2 Å². The number of halogens is 2. The topological polar surface area (TPSA) is 49.4 Å². The van der Waals surface area contributed by atoms with E-state index in [2.05, 4.69) is 5.32 Å². The summed E-state index contributed by atoms with van der Waals surface area (Å²) in [6.07, 6.45) is 4.07. The summed E-state index contributed by atoms with van der Waals surface area (Å²) in [4.78, 5) is 26.5. The van der Waals surface area contributed by atoms with Crippen molar-refractivity contribution < 1.29 is 9.59 Å². The number of rotatable bonds is 6. The second kappa shape index (κ2) is 8.84. The minimum absolute atomic E-state index is 0. The normalized spacial score (nSPS) is 18.1. The maximum absolute atomic E-state index is 12.5. The van der Waals surface area contributed by atoms with Gasteiger partial charge in [0, 0.05) is 29.6 Å². The molecule has 2 aliphatic rings. The fourth-order valence-corrected chi connectivity index (χ4v) is 3.18. The first-order chi connectivity index (χ1) is 11.1. The van der Waals surface area contributed by atoms with Gasteiger partial charge >= 0.3 is 0 Å². The van der Waals surface area contributed by atoms with Crippen molar-refractivity contribution in [3.63, 3.8) is 0 Å². The Morgan fingerprint density at radius 2 is 1.71 bits per heavy atom. The Morgan fingerprint density at radius 1 is 1.08 bits per heavy atom. The van der Waals surface area contributed by atoms with Crippen LogP contribution in [0.5, 0.6) is 0 Å². The number of Topliss-reactive ketones (excluding diaryl/α,β-unsaturated/α-hetero) is 1. The van der Waals surface area contributed by atoms with Crippen molar-refractivity contribution >= 4 is 35.7 Å². The molecule has 1 heterocycles. The molecule has 1 aliphatic carbocycles. The van der Waals surface area contributed by atoms with Crippen LogP contribution >= 0.6 is 24.0 Å². The van der Waals surface area contributed by atoms with Gasteiger partial charge < -0.3 is 10.2 Å². The average molecular weight is 371 g/mol. The molecule has 2 fully saturated rings. The number of amides is 1. The van der Waals surface area contributed by atoms with Gasteiger partial charge in [-0.3, -0.25) is 9.59 Å². The summed E-state index contributed by atoms with van der Waals surface area (Å²) >= 11 is 5.86. The summed E-state index contributed by atoms with van der Waals surface area (Å²) in [7, 11) is 0. The van der Waals surface area contributed by atoms with E-state index in [1.807, 2.05) is 4.90 Å². The quantitative estimate of drug-likeness (QED) is 0.782. The predicted octanol–water partition coefficient (Wildman–Crippen LogP) is 3.18. The SMILES string of the molecule is Cl.O=C(c1ccc(Cl)cc1)C1CCN(C(=O)CNCC2CC2)CC1. The third-order valence-corrected chi connectivity index (χ3v) is 5.01. The van der Waals surface area contributed by atoms with E-state index in [9.17, 15) is 9.59 Å². The van der Waals surface area contributed by atoms with Gasteiger partial charge in [0.1, 0.15) is 0 Å². The fourth-order valence-electron chi connectivity index (χ4n) is 3.06. The molecule has 0 atom stereocenters. The van der Waals surface area contributed by atoms with Crippen LogP contribution in [0.4, 0.5) is 0 Å². The van der Waals surface area contributed by atoms with E-state index < -0.39 is 0 Å². The molecular weight excluding hydrogens is 347 g/mol. The van der Waals surface area contributed by atoms with E-state index >= 15 is 0 Å². The van der Waals surface area contributed by atoms with Crippen molar-refractivity contribution in [3.8, 4) is 0 Å². The lowest BCUT2D eigenvalue weighted by molar-refractivity contribution is -0.131. The van der Waals surface area contributed by atoms with Gasteiger partial charge in [0.15, 0.2) is 5.78 Å². The van der Waals surface area contributed by atoms with Crippen LogP contribution in [0.1, 0.15) is 36.0 Å². The van der Waals surface area contributed by atoms with Crippen LogP contribution in [0.15, 0.2) is 24.3 Å². The summed E-state index contributed by atoms with van der Waals surface area (Å²) in [6.45, 7) is 2.73. The summed E-state index contributed by atoms with van der Waals surface area (Å²) < 4.78 is 0. The van der Waals surface area contributed by atoms with Crippen LogP contribution < -0.4 is 5.32 Å². The number of carbonyl (C=O) groups excluding carboxylic acids is 2. The Labute approximate surface area is 154 Å². The van der Waals surface area contributed by atoms with E-state index in [4.69, 9.17) is 11.6 Å². The predicted molar refractivity (Wildman–Crippen MR) is 97.9 cm³/mol. The highest BCUT2D eigenvalue weighted by atomic mass is 35.5. The number of likely N-dealkylation sites (tertiary alicyclic amines) is 1. The van der Waals surface area contributed by atoms with E-state index in [-0.39, 0.29) is 30.0 Å². The summed E-state index contributed by atoms with van der Waals surface area (Å²) in [6, 6.07) is 7.06. The number of nitrogens with one attached hydrogen (secondary N) is 1. The molecule has 1 saturated heterocycles. The molecule has 1 aliphatic heterocycles. The van der Waals surface area contributed by atoms with Gasteiger partial charge in [-0.1, -0.05) is 11.6 Å². The molecule has 3 rings (SSSR count). The number of hydrogen-bond donors (Lipinski definition) is 1. The van der Waals surface area contributed by atoms with Gasteiger partial charge in [-0.2, -0.15) is 0 Å². The number of ketones is 1. The molecule has 6 heteroatoms. The number of piperidine rings is 1. The van der Waals surface area contributed by atoms with Crippen LogP contribution in [0, 0.1) is 11.8 Å². The largest absolute Gasteiger partial charge is 0.342 e. The summed E-state index contributed by atoms with van der Waals surface area (Å²) in [5.41, 5.74) is 0.713. The van der Waals surface area contributed by atoms with Crippen molar-refractivity contribution in [1.82, 2.24) is 10.2 Å². The molecule has 1 aromatic carbocycles. The van der Waals surface area contributed by atoms with Crippen molar-refractivity contribution in [2.45, 2.75) is 25.7 Å². The molecule has 0 bridgehead atoms. The van der Waals surface area contributed by atoms with E-state index in [1.54, 1.807) is 24.3 Å². The first kappa shape index (κ1) is 19.2. The molecule has 0 aromatic heterocycles. The molecular formula is C18H24Cl2N2O2. The number of hydrogen-bond acceptors (Lipinski definition) is 3. The zero-order chi connectivity index (χ0) is 16.2. The van der Waals surface area contributed by atoms with Crippen LogP contribution in [-0.4, -0.2) is 42.8 Å². The highest BCUT2D eigenvalue weighted by molar-refractivity contribution is 6.30. The Bertz CT molecular complexity index is 565. The van der Waals surface area contributed by atoms with Gasteiger partial charge in [-0.05, 0) is 62.4 Å². The molecule has 132 valence electrons. The molecule has 24 heavy (non-hydrogen) atoms. The van der Waals surface area contributed by atoms with Crippen LogP contribution in [-0.2, 0) is 4.79 Å². The Balaban J connectivity index is 0.00000208. The third kappa shape index (κ3) is 5.20. The maximum Gasteiger partial charge on any atom is 0.236 e. The monoisotopic (exact) mass is 370 g/mol. The Morgan fingerprint density at radius 3 is 2.29 bits per heavy atom. The lowest BCUT2D eigenvalue weighted by Crippen LogP contribution is -2.44. The van der Waals surface area contributed by atoms with Gasteiger partial charge in [0.2, 0.25) is 5.91 Å². The lowest BCUT2D eigenvalue weighted by Gasteiger charge is -2.31. The second-order valence-corrected chi connectivity index (χ2v) is 7.04. The Hall–Kier alpha value is -1.10. The van der Waals surface area contributed by atoms with Crippen molar-refractivity contribution in [3.05, 3.63) is 34.9 Å². The van der Waals surface area contributed by atoms with E-state index in [0.717, 1.165) is 25.3 Å². The minimum Gasteiger partial charge on any atom is -0.342 e. The first-order valence-electron chi connectivity index (χ1n) is 8.42. The third-order valence-electron chi connectivity index (χ3n) is 4.75. The maximum atomic E-state index is 12.5. The zero-order valence-electron chi connectivity index (χ0n) is 13.7. The van der Waals surface area contributed by atoms with Gasteiger partial charge in [0.25, 0.3) is 0 Å². The first-order valence-corrected chi connectivity index (χ1v) is 8.79. The van der Waals surface area contributed by atoms with Crippen LogP contribution in [0.2, 0.25) is 5.02 Å². The molecule has 0 radical (unpaired) electrons. The fraction of sp³-hybridized carbons (Fsp3) is 0.556. The smallest absolute Gasteiger partial charge is 0.236 e. The zero-order valence-corrected chi connectivity index (χ0v) is 15.2.